The number of nitrogens with one attached hydrogen (secondary N) is 2. The summed E-state index contributed by atoms with van der Waals surface area (Å²) in [5.74, 6) is 6.83. The first kappa shape index (κ1) is 20.2. The Morgan fingerprint density at radius 1 is 0.455 bits per heavy atom. The zero-order valence-electron chi connectivity index (χ0n) is 20.2. The van der Waals surface area contributed by atoms with Gasteiger partial charge in [0.05, 0.1) is 0 Å². The van der Waals surface area contributed by atoms with Crippen LogP contribution in [-0.2, 0) is 9.59 Å². The van der Waals surface area contributed by atoms with Crippen molar-refractivity contribution in [3.63, 3.8) is 0 Å². The lowest BCUT2D eigenvalue weighted by molar-refractivity contribution is -0.148. The molecule has 0 radical (unpaired) electrons. The molecular weight excluding hydrogens is 408 g/mol. The maximum atomic E-state index is 13.7. The molecule has 0 heterocycles. The highest BCUT2D eigenvalue weighted by Crippen LogP contribution is 2.61. The second kappa shape index (κ2) is 6.78. The van der Waals surface area contributed by atoms with Gasteiger partial charge in [0.2, 0.25) is 11.8 Å². The predicted octanol–water partition coefficient (Wildman–Crippen LogP) is 4.82. The first-order valence-electron chi connectivity index (χ1n) is 14.6. The molecule has 0 spiro atoms. The maximum Gasteiger partial charge on any atom is 0.226 e. The molecule has 0 aromatic carbocycles. The Kier molecular flexibility index (Phi) is 4.15. The van der Waals surface area contributed by atoms with Crippen LogP contribution in [-0.4, -0.2) is 23.9 Å². The molecule has 10 fully saturated rings. The van der Waals surface area contributed by atoms with Gasteiger partial charge in [-0.3, -0.25) is 9.59 Å². The summed E-state index contributed by atoms with van der Waals surface area (Å²) in [7, 11) is 0. The van der Waals surface area contributed by atoms with Crippen molar-refractivity contribution in [3.05, 3.63) is 0 Å². The van der Waals surface area contributed by atoms with Gasteiger partial charge in [-0.25, -0.2) is 0 Å². The lowest BCUT2D eigenvalue weighted by atomic mass is 9.49. The Morgan fingerprint density at radius 2 is 0.788 bits per heavy atom. The van der Waals surface area contributed by atoms with Crippen LogP contribution in [0.1, 0.15) is 96.3 Å². The first-order valence-corrected chi connectivity index (χ1v) is 14.6. The summed E-state index contributed by atoms with van der Waals surface area (Å²) in [4.78, 5) is 27.4. The average molecular weight is 451 g/mol. The molecule has 0 saturated heterocycles. The van der Waals surface area contributed by atoms with Crippen molar-refractivity contribution in [2.24, 2.45) is 58.2 Å². The lowest BCUT2D eigenvalue weighted by Crippen LogP contribution is -2.59. The third-order valence-electron chi connectivity index (χ3n) is 12.5. The van der Waals surface area contributed by atoms with E-state index in [1.165, 1.54) is 44.9 Å². The van der Waals surface area contributed by atoms with E-state index in [0.29, 0.717) is 35.7 Å². The van der Waals surface area contributed by atoms with E-state index >= 15 is 0 Å². The Labute approximate surface area is 198 Å². The number of hydrogen-bond donors (Lipinski definition) is 2. The Balaban J connectivity index is 0.953. The molecule has 2 amide bonds. The van der Waals surface area contributed by atoms with Crippen LogP contribution in [0.5, 0.6) is 0 Å². The van der Waals surface area contributed by atoms with Crippen molar-refractivity contribution in [3.8, 4) is 0 Å². The smallest absolute Gasteiger partial charge is 0.226 e. The van der Waals surface area contributed by atoms with Crippen LogP contribution in [0.2, 0.25) is 0 Å². The topological polar surface area (TPSA) is 58.2 Å². The minimum atomic E-state index is -0.0471. The minimum Gasteiger partial charge on any atom is -0.353 e. The van der Waals surface area contributed by atoms with Crippen molar-refractivity contribution < 1.29 is 9.59 Å². The molecule has 10 bridgehead atoms. The van der Waals surface area contributed by atoms with E-state index in [4.69, 9.17) is 0 Å². The second-order valence-electron chi connectivity index (χ2n) is 14.8. The third-order valence-corrected chi connectivity index (χ3v) is 12.5. The molecule has 10 aliphatic rings. The minimum absolute atomic E-state index is 0.0471. The van der Waals surface area contributed by atoms with Crippen LogP contribution >= 0.6 is 0 Å². The highest BCUT2D eigenvalue weighted by molar-refractivity contribution is 5.84. The molecule has 2 atom stereocenters. The number of fused-ring (bicyclic) bond motifs is 2. The molecule has 180 valence electrons. The fraction of sp³-hybridized carbons (Fsp3) is 0.931. The molecule has 0 aliphatic heterocycles. The SMILES string of the molecule is O=C(NC1CC2CC(NC(=O)C34CC5CC(CC(C5)C3)C4)C1C2)C12CC3CC(CC(C3)C1)C2. The van der Waals surface area contributed by atoms with Crippen LogP contribution < -0.4 is 10.6 Å². The van der Waals surface area contributed by atoms with Gasteiger partial charge in [-0.2, -0.15) is 0 Å². The van der Waals surface area contributed by atoms with Crippen LogP contribution in [0.3, 0.4) is 0 Å². The van der Waals surface area contributed by atoms with E-state index in [2.05, 4.69) is 10.6 Å². The molecule has 2 N–H and O–H groups in total. The monoisotopic (exact) mass is 450 g/mol. The zero-order valence-corrected chi connectivity index (χ0v) is 20.2. The van der Waals surface area contributed by atoms with Crippen molar-refractivity contribution in [1.82, 2.24) is 10.6 Å². The number of amides is 2. The summed E-state index contributed by atoms with van der Waals surface area (Å²) < 4.78 is 0. The summed E-state index contributed by atoms with van der Waals surface area (Å²) >= 11 is 0. The average Bonchev–Trinajstić information content (AvgIpc) is 3.31. The molecule has 10 saturated carbocycles. The van der Waals surface area contributed by atoms with Gasteiger partial charge >= 0.3 is 0 Å². The van der Waals surface area contributed by atoms with E-state index in [1.54, 1.807) is 0 Å². The highest BCUT2D eigenvalue weighted by Gasteiger charge is 2.58. The summed E-state index contributed by atoms with van der Waals surface area (Å²) in [6, 6.07) is 0.594. The number of hydrogen-bond acceptors (Lipinski definition) is 2. The molecule has 0 aromatic heterocycles. The highest BCUT2D eigenvalue weighted by atomic mass is 16.2. The number of rotatable bonds is 4. The Morgan fingerprint density at radius 3 is 1.09 bits per heavy atom. The fourth-order valence-corrected chi connectivity index (χ4v) is 12.1. The third kappa shape index (κ3) is 3.00. The van der Waals surface area contributed by atoms with Crippen molar-refractivity contribution in [1.29, 1.82) is 0 Å². The van der Waals surface area contributed by atoms with E-state index in [-0.39, 0.29) is 10.8 Å². The van der Waals surface area contributed by atoms with Gasteiger partial charge in [-0.05, 0) is 144 Å². The van der Waals surface area contributed by atoms with E-state index in [9.17, 15) is 9.59 Å². The second-order valence-corrected chi connectivity index (χ2v) is 14.8. The van der Waals surface area contributed by atoms with E-state index in [0.717, 1.165) is 86.9 Å². The van der Waals surface area contributed by atoms with Gasteiger partial charge in [-0.1, -0.05) is 0 Å². The van der Waals surface area contributed by atoms with Gasteiger partial charge in [0.25, 0.3) is 0 Å². The summed E-state index contributed by atoms with van der Waals surface area (Å²) in [5, 5.41) is 7.23. The molecule has 4 nitrogen and oxygen atoms in total. The van der Waals surface area contributed by atoms with Crippen molar-refractivity contribution in [2.45, 2.75) is 108 Å². The zero-order chi connectivity index (χ0) is 21.9. The molecule has 0 aromatic rings. The van der Waals surface area contributed by atoms with Crippen molar-refractivity contribution in [2.75, 3.05) is 0 Å². The molecule has 10 rings (SSSR count). The Hall–Kier alpha value is -1.06. The fourth-order valence-electron chi connectivity index (χ4n) is 12.1. The quantitative estimate of drug-likeness (QED) is 0.645. The van der Waals surface area contributed by atoms with Gasteiger partial charge in [0, 0.05) is 22.9 Å². The van der Waals surface area contributed by atoms with Gasteiger partial charge < -0.3 is 10.6 Å². The first-order chi connectivity index (χ1) is 16.0. The molecule has 2 unspecified atom stereocenters. The van der Waals surface area contributed by atoms with E-state index in [1.807, 2.05) is 0 Å². The van der Waals surface area contributed by atoms with Crippen LogP contribution in [0, 0.1) is 58.2 Å². The molecule has 4 heteroatoms. The molecule has 10 aliphatic carbocycles. The Bertz CT molecular complexity index is 740. The normalized spacial score (nSPS) is 57.0. The largest absolute Gasteiger partial charge is 0.353 e. The molecule has 33 heavy (non-hydrogen) atoms. The summed E-state index contributed by atoms with van der Waals surface area (Å²) in [5.41, 5.74) is -0.0942. The van der Waals surface area contributed by atoms with Gasteiger partial charge in [-0.15, -0.1) is 0 Å². The number of carbonyl (C=O) groups is 2. The van der Waals surface area contributed by atoms with Crippen LogP contribution in [0.15, 0.2) is 0 Å². The van der Waals surface area contributed by atoms with Crippen molar-refractivity contribution >= 4 is 11.8 Å². The maximum absolute atomic E-state index is 13.7. The lowest BCUT2D eigenvalue weighted by Gasteiger charge is -2.56. The summed E-state index contributed by atoms with van der Waals surface area (Å²) in [6.07, 6.45) is 18.7. The predicted molar refractivity (Wildman–Crippen MR) is 126 cm³/mol. The van der Waals surface area contributed by atoms with E-state index < -0.39 is 0 Å². The molecular formula is C29H42N2O2. The van der Waals surface area contributed by atoms with Crippen LogP contribution in [0.4, 0.5) is 0 Å². The summed E-state index contributed by atoms with van der Waals surface area (Å²) in [6.45, 7) is 0. The standard InChI is InChI=1S/C29H42N2O2/c32-26(28-10-17-1-18(11-28)3-19(2-17)12-28)30-24-8-16-7-23(24)25(9-16)31-27(33)29-13-20-4-21(14-29)6-22(5-20)15-29/h16-25H,1-15H2,(H,30,32)(H,31,33). The van der Waals surface area contributed by atoms with Crippen LogP contribution in [0.25, 0.3) is 0 Å². The number of carbonyl (C=O) groups excluding carboxylic acids is 2. The van der Waals surface area contributed by atoms with Gasteiger partial charge in [0.1, 0.15) is 0 Å². The van der Waals surface area contributed by atoms with Gasteiger partial charge in [0.15, 0.2) is 0 Å².